The third kappa shape index (κ3) is 9.27. The van der Waals surface area contributed by atoms with Crippen LogP contribution >= 0.6 is 0 Å². The minimum Gasteiger partial charge on any atom is -0.496 e. The zero-order chi connectivity index (χ0) is 56.9. The number of hydrogen-bond donors (Lipinski definition) is 10. The molecular weight excluding hydrogens is 1010 g/mol. The number of anilines is 1. The van der Waals surface area contributed by atoms with E-state index >= 15 is 4.79 Å². The molecule has 1 aromatic heterocycles. The average Bonchev–Trinajstić information content (AvgIpc) is 4.06. The smallest absolute Gasteiger partial charge is 0.344 e. The minimum atomic E-state index is -2.27. The SMILES string of the molecule is CCC1=CC2CN(C1)Cc1c([nH]c3ccccc13)[C@@](C(=O)OC)(c1cc3c(cc1OC)N(C)[C@H]1[C@@](O)(C(=O)OC)[C@H](OC(C)=O)[C@]4(CC)C=CCN5CC[C@]31[C@@H]54)C2.O=C(O)[C@@H](O)[C@H](O)C(=O)O.O=C(O)[C@@H](O)[C@H](O)C(=O)O. The van der Waals surface area contributed by atoms with Crippen LogP contribution in [0.4, 0.5) is 5.69 Å². The van der Waals surface area contributed by atoms with Crippen molar-refractivity contribution in [2.75, 3.05) is 59.5 Å². The molecule has 2 aromatic carbocycles. The molecule has 2 unspecified atom stereocenters. The topological polar surface area (TPSA) is 364 Å². The van der Waals surface area contributed by atoms with Gasteiger partial charge in [-0.2, -0.15) is 0 Å². The molecule has 2 fully saturated rings. The highest BCUT2D eigenvalue weighted by Crippen LogP contribution is 2.68. The average molecular weight is 1080 g/mol. The lowest BCUT2D eigenvalue weighted by molar-refractivity contribution is -0.228. The van der Waals surface area contributed by atoms with Gasteiger partial charge < -0.3 is 74.8 Å². The molecule has 9 rings (SSSR count). The Balaban J connectivity index is 0.000000365. The Hall–Kier alpha value is -6.93. The Labute approximate surface area is 441 Å². The number of H-pyrrole nitrogens is 1. The number of hydrogen-bond acceptors (Lipinski definition) is 19. The maximum atomic E-state index is 15.2. The second kappa shape index (κ2) is 21.8. The number of nitrogens with zero attached hydrogens (tertiary/aromatic N) is 3. The fourth-order valence-electron chi connectivity index (χ4n) is 13.4. The molecule has 0 radical (unpaired) electrons. The van der Waals surface area contributed by atoms with E-state index in [4.69, 9.17) is 59.8 Å². The second-order valence-corrected chi connectivity index (χ2v) is 20.3. The van der Waals surface area contributed by atoms with Crippen LogP contribution in [0, 0.1) is 11.3 Å². The number of carbonyl (C=O) groups excluding carboxylic acids is 3. The molecule has 1 saturated carbocycles. The largest absolute Gasteiger partial charge is 0.496 e. The fourth-order valence-corrected chi connectivity index (χ4v) is 13.4. The van der Waals surface area contributed by atoms with Crippen LogP contribution in [-0.2, 0) is 65.1 Å². The number of esters is 3. The normalized spacial score (nSPS) is 29.9. The van der Waals surface area contributed by atoms with Gasteiger partial charge in [-0.25, -0.2) is 24.0 Å². The summed E-state index contributed by atoms with van der Waals surface area (Å²) in [5.74, 6) is -8.39. The molecule has 10 N–H and O–H groups in total. The van der Waals surface area contributed by atoms with E-state index in [1.807, 2.05) is 37.1 Å². The first-order valence-corrected chi connectivity index (χ1v) is 24.9. The quantitative estimate of drug-likeness (QED) is 0.0633. The van der Waals surface area contributed by atoms with Crippen molar-refractivity contribution in [2.24, 2.45) is 11.3 Å². The number of ether oxygens (including phenoxy) is 4. The number of aromatic nitrogens is 1. The molecule has 13 atom stereocenters. The third-order valence-corrected chi connectivity index (χ3v) is 16.4. The number of aliphatic hydroxyl groups is 5. The molecule has 77 heavy (non-hydrogen) atoms. The van der Waals surface area contributed by atoms with Gasteiger partial charge in [-0.1, -0.05) is 55.8 Å². The van der Waals surface area contributed by atoms with Crippen molar-refractivity contribution in [1.29, 1.82) is 0 Å². The van der Waals surface area contributed by atoms with Crippen molar-refractivity contribution in [3.8, 4) is 5.75 Å². The summed E-state index contributed by atoms with van der Waals surface area (Å²) in [6, 6.07) is 11.2. The number of aromatic amines is 1. The maximum Gasteiger partial charge on any atom is 0.344 e. The van der Waals surface area contributed by atoms with Crippen molar-refractivity contribution < 1.29 is 98.5 Å². The molecular formula is C53H66N4O20. The van der Waals surface area contributed by atoms with Crippen molar-refractivity contribution in [2.45, 2.75) is 112 Å². The molecule has 6 aliphatic rings. The van der Waals surface area contributed by atoms with Gasteiger partial charge in [0.1, 0.15) is 11.2 Å². The van der Waals surface area contributed by atoms with Crippen LogP contribution in [0.15, 0.2) is 60.2 Å². The van der Waals surface area contributed by atoms with Gasteiger partial charge in [0.2, 0.25) is 5.60 Å². The first-order valence-electron chi connectivity index (χ1n) is 24.9. The van der Waals surface area contributed by atoms with Crippen molar-refractivity contribution in [3.05, 3.63) is 82.6 Å². The predicted octanol–water partition coefficient (Wildman–Crippen LogP) is 0.508. The monoisotopic (exact) mass is 1080 g/mol. The van der Waals surface area contributed by atoms with E-state index in [0.29, 0.717) is 50.2 Å². The predicted molar refractivity (Wildman–Crippen MR) is 269 cm³/mol. The molecule has 0 amide bonds. The molecule has 1 saturated heterocycles. The van der Waals surface area contributed by atoms with E-state index < -0.39 is 94.2 Å². The van der Waals surface area contributed by atoms with Gasteiger partial charge in [0.15, 0.2) is 30.5 Å². The summed E-state index contributed by atoms with van der Waals surface area (Å²) >= 11 is 0. The van der Waals surface area contributed by atoms with Gasteiger partial charge >= 0.3 is 41.8 Å². The number of benzene rings is 2. The fraction of sp³-hybridized carbons (Fsp3) is 0.528. The summed E-state index contributed by atoms with van der Waals surface area (Å²) in [7, 11) is 6.22. The van der Waals surface area contributed by atoms with Gasteiger partial charge in [-0.05, 0) is 61.4 Å². The number of rotatable bonds is 13. The van der Waals surface area contributed by atoms with Crippen LogP contribution in [0.3, 0.4) is 0 Å². The van der Waals surface area contributed by atoms with Crippen LogP contribution in [0.25, 0.3) is 10.9 Å². The van der Waals surface area contributed by atoms with E-state index in [-0.39, 0.29) is 17.9 Å². The van der Waals surface area contributed by atoms with E-state index in [0.717, 1.165) is 52.9 Å². The Morgan fingerprint density at radius 3 is 1.94 bits per heavy atom. The number of carboxylic acid groups (broad SMARTS) is 4. The number of likely N-dealkylation sites (N-methyl/N-ethyl adjacent to an activating group) is 1. The van der Waals surface area contributed by atoms with Gasteiger partial charge in [0, 0.05) is 90.9 Å². The number of methoxy groups -OCH3 is 3. The Morgan fingerprint density at radius 2 is 1.40 bits per heavy atom. The molecule has 5 aliphatic heterocycles. The highest BCUT2D eigenvalue weighted by atomic mass is 16.6. The number of aliphatic carboxylic acids is 4. The van der Waals surface area contributed by atoms with Crippen molar-refractivity contribution in [1.82, 2.24) is 14.8 Å². The Bertz CT molecular complexity index is 2830. The molecule has 1 aliphatic carbocycles. The van der Waals surface area contributed by atoms with E-state index in [1.165, 1.54) is 26.7 Å². The number of carbonyl (C=O) groups is 7. The number of nitrogens with one attached hydrogen (secondary N) is 1. The first kappa shape index (κ1) is 57.8. The van der Waals surface area contributed by atoms with Crippen molar-refractivity contribution in [3.63, 3.8) is 0 Å². The highest BCUT2D eigenvalue weighted by molar-refractivity contribution is 5.95. The van der Waals surface area contributed by atoms with Crippen molar-refractivity contribution >= 4 is 58.4 Å². The summed E-state index contributed by atoms with van der Waals surface area (Å²) in [4.78, 5) is 92.2. The van der Waals surface area contributed by atoms with E-state index in [2.05, 4.69) is 58.1 Å². The standard InChI is InChI=1S/C45H54N4O8.2C4H6O6/c1-8-27-19-28-22-44(40(51)55-6,36-30(25-48(23-27)24-28)29-13-10-11-14-33(29)46-36)32-20-31-34(21-35(32)54-5)47(4)38-43(31)16-18-49-17-12-15-42(9-2,37(43)49)39(57-26(3)50)45(38,53)41(52)56-7;2*5-1(3(7)8)2(6)4(9)10/h10-15,19-21,28,37-39,46,53H,8-9,16-18,22-25H2,1-7H3;2*1-2,5-6H,(H,7,8)(H,9,10)/t28?,37-,38+,39+,42+,43+,44-,45-;2*1-,2-/m000/s1. The van der Waals surface area contributed by atoms with E-state index in [1.54, 1.807) is 7.11 Å². The molecule has 24 nitrogen and oxygen atoms in total. The lowest BCUT2D eigenvalue weighted by Crippen LogP contribution is -2.81. The van der Waals surface area contributed by atoms with Crippen LogP contribution in [0.2, 0.25) is 0 Å². The molecule has 2 bridgehead atoms. The Kier molecular flexibility index (Phi) is 16.4. The second-order valence-electron chi connectivity index (χ2n) is 20.3. The highest BCUT2D eigenvalue weighted by Gasteiger charge is 2.80. The number of fused-ring (bicyclic) bond motifs is 6. The number of aliphatic hydroxyl groups excluding tert-OH is 4. The number of carboxylic acids is 4. The molecule has 3 aromatic rings. The molecule has 418 valence electrons. The summed E-state index contributed by atoms with van der Waals surface area (Å²) in [5, 5.41) is 79.4. The minimum absolute atomic E-state index is 0.0284. The summed E-state index contributed by atoms with van der Waals surface area (Å²) in [5.41, 5.74) is 1.05. The summed E-state index contributed by atoms with van der Waals surface area (Å²) in [6.07, 6.45) is -1.39. The lowest BCUT2D eigenvalue weighted by Gasteiger charge is -2.63. The lowest BCUT2D eigenvalue weighted by atomic mass is 9.47. The van der Waals surface area contributed by atoms with Gasteiger partial charge in [-0.15, -0.1) is 0 Å². The van der Waals surface area contributed by atoms with Gasteiger partial charge in [0.05, 0.1) is 27.4 Å². The first-order chi connectivity index (χ1) is 36.3. The molecule has 1 spiro atoms. The van der Waals surface area contributed by atoms with E-state index in [9.17, 15) is 33.9 Å². The summed E-state index contributed by atoms with van der Waals surface area (Å²) in [6.45, 7) is 9.19. The van der Waals surface area contributed by atoms with Crippen LogP contribution in [0.1, 0.15) is 68.8 Å². The number of para-hydroxylation sites is 1. The third-order valence-electron chi connectivity index (χ3n) is 16.4. The molecule has 6 heterocycles. The van der Waals surface area contributed by atoms with Crippen LogP contribution in [-0.4, -0.2) is 205 Å². The Morgan fingerprint density at radius 1 is 0.805 bits per heavy atom. The van der Waals surface area contributed by atoms with Gasteiger partial charge in [-0.3, -0.25) is 19.4 Å². The zero-order valence-corrected chi connectivity index (χ0v) is 43.5. The van der Waals surface area contributed by atoms with Crippen LogP contribution in [0.5, 0.6) is 5.75 Å². The summed E-state index contributed by atoms with van der Waals surface area (Å²) < 4.78 is 23.9. The van der Waals surface area contributed by atoms with Crippen LogP contribution < -0.4 is 9.64 Å². The molecule has 24 heteroatoms. The zero-order valence-electron chi connectivity index (χ0n) is 43.5. The maximum absolute atomic E-state index is 15.2. The van der Waals surface area contributed by atoms with Gasteiger partial charge in [0.25, 0.3) is 0 Å².